The van der Waals surface area contributed by atoms with Gasteiger partial charge in [0, 0.05) is 11.3 Å². The van der Waals surface area contributed by atoms with Gasteiger partial charge in [0.1, 0.15) is 0 Å². The number of rotatable bonds is 5. The van der Waals surface area contributed by atoms with Crippen molar-refractivity contribution in [3.63, 3.8) is 0 Å². The molecule has 13 atom stereocenters. The van der Waals surface area contributed by atoms with Crippen LogP contribution in [0.3, 0.4) is 0 Å². The molecule has 4 N–H and O–H groups in total. The Bertz CT molecular complexity index is 1230. The minimum Gasteiger partial charge on any atom is -0.393 e. The molecule has 0 aromatic heterocycles. The second-order valence-corrected chi connectivity index (χ2v) is 18.0. The van der Waals surface area contributed by atoms with Gasteiger partial charge in [-0.25, -0.2) is 0 Å². The van der Waals surface area contributed by atoms with E-state index in [4.69, 9.17) is 0 Å². The maximum absolute atomic E-state index is 13.6. The van der Waals surface area contributed by atoms with Crippen LogP contribution in [0.2, 0.25) is 0 Å². The van der Waals surface area contributed by atoms with Crippen molar-refractivity contribution in [2.75, 3.05) is 0 Å². The number of fused-ring (bicyclic) bond motifs is 6. The summed E-state index contributed by atoms with van der Waals surface area (Å²) in [7, 11) is 0. The summed E-state index contributed by atoms with van der Waals surface area (Å²) in [6.45, 7) is 11.2. The van der Waals surface area contributed by atoms with Gasteiger partial charge in [0.2, 0.25) is 0 Å². The lowest BCUT2D eigenvalue weighted by Crippen LogP contribution is -2.61. The van der Waals surface area contributed by atoms with Crippen LogP contribution < -0.4 is 0 Å². The fourth-order valence-corrected chi connectivity index (χ4v) is 13.3. The van der Waals surface area contributed by atoms with Crippen molar-refractivity contribution in [1.82, 2.24) is 0 Å². The molecule has 0 amide bonds. The average Bonchev–Trinajstić information content (AvgIpc) is 3.48. The van der Waals surface area contributed by atoms with Gasteiger partial charge in [0.05, 0.1) is 23.9 Å². The second-order valence-electron chi connectivity index (χ2n) is 18.0. The summed E-state index contributed by atoms with van der Waals surface area (Å²) in [4.78, 5) is 13.6. The van der Waals surface area contributed by atoms with E-state index in [9.17, 15) is 25.2 Å². The molecule has 0 saturated heterocycles. The van der Waals surface area contributed by atoms with Crippen LogP contribution >= 0.6 is 0 Å². The zero-order chi connectivity index (χ0) is 31.4. The van der Waals surface area contributed by atoms with Gasteiger partial charge in [-0.15, -0.1) is 0 Å². The second kappa shape index (κ2) is 10.8. The Labute approximate surface area is 266 Å². The molecule has 7 aliphatic rings. The maximum Gasteiger partial charge on any atom is 0.159 e. The van der Waals surface area contributed by atoms with Crippen molar-refractivity contribution in [3.8, 4) is 0 Å². The molecule has 0 heterocycles. The summed E-state index contributed by atoms with van der Waals surface area (Å²) in [5, 5.41) is 45.7. The van der Waals surface area contributed by atoms with Crippen LogP contribution in [0.5, 0.6) is 0 Å². The topological polar surface area (TPSA) is 98.0 Å². The summed E-state index contributed by atoms with van der Waals surface area (Å²) >= 11 is 0. The molecule has 6 saturated carbocycles. The SMILES string of the molecule is CC(C)/C(C[C@@H](O)[C@@H](C)[C@H]1CC[C@@]2(O)C3=CC(=O)[C@@H]4C[C@@H](O)[C@@H](O)C[C@]4(C)[C@H]3CC[C@]12C)=C1\C[C@H]2CC[C@H]3CCC[C@]3(C1)C2. The van der Waals surface area contributed by atoms with Gasteiger partial charge in [0.15, 0.2) is 5.78 Å². The van der Waals surface area contributed by atoms with E-state index in [1.165, 1.54) is 56.9 Å². The Morgan fingerprint density at radius 1 is 0.955 bits per heavy atom. The lowest BCUT2D eigenvalue weighted by Gasteiger charge is -2.60. The number of aliphatic hydroxyl groups excluding tert-OH is 3. The van der Waals surface area contributed by atoms with Gasteiger partial charge in [-0.2, -0.15) is 0 Å². The highest BCUT2D eigenvalue weighted by molar-refractivity contribution is 5.95. The van der Waals surface area contributed by atoms with Crippen LogP contribution in [0.25, 0.3) is 0 Å². The first kappa shape index (κ1) is 31.6. The maximum atomic E-state index is 13.6. The third-order valence-corrected chi connectivity index (χ3v) is 15.8. The average molecular weight is 609 g/mol. The molecule has 0 aliphatic heterocycles. The van der Waals surface area contributed by atoms with E-state index in [0.717, 1.165) is 43.1 Å². The van der Waals surface area contributed by atoms with Crippen LogP contribution in [0.15, 0.2) is 22.8 Å². The highest BCUT2D eigenvalue weighted by atomic mass is 16.3. The Hall–Kier alpha value is -1.01. The predicted molar refractivity (Wildman–Crippen MR) is 172 cm³/mol. The van der Waals surface area contributed by atoms with E-state index < -0.39 is 34.7 Å². The van der Waals surface area contributed by atoms with E-state index in [1.54, 1.807) is 11.6 Å². The zero-order valence-corrected chi connectivity index (χ0v) is 28.2. The summed E-state index contributed by atoms with van der Waals surface area (Å²) < 4.78 is 0. The molecule has 1 spiro atoms. The highest BCUT2D eigenvalue weighted by Gasteiger charge is 2.67. The minimum atomic E-state index is -1.07. The minimum absolute atomic E-state index is 0.00771. The monoisotopic (exact) mass is 608 g/mol. The first-order valence-corrected chi connectivity index (χ1v) is 18.5. The third-order valence-electron chi connectivity index (χ3n) is 15.8. The number of carbonyl (C=O) groups is 1. The van der Waals surface area contributed by atoms with E-state index in [0.29, 0.717) is 30.6 Å². The molecule has 7 rings (SSSR count). The van der Waals surface area contributed by atoms with Crippen LogP contribution in [-0.2, 0) is 4.79 Å². The molecule has 6 fully saturated rings. The van der Waals surface area contributed by atoms with Crippen molar-refractivity contribution in [2.45, 2.75) is 155 Å². The van der Waals surface area contributed by atoms with Crippen molar-refractivity contribution in [2.24, 2.45) is 57.7 Å². The van der Waals surface area contributed by atoms with E-state index in [-0.39, 0.29) is 29.5 Å². The summed E-state index contributed by atoms with van der Waals surface area (Å²) in [6.07, 6.45) is 15.2. The Morgan fingerprint density at radius 2 is 1.73 bits per heavy atom. The van der Waals surface area contributed by atoms with Gasteiger partial charge in [-0.05, 0) is 148 Å². The number of carbonyl (C=O) groups excluding carboxylic acids is 1. The van der Waals surface area contributed by atoms with Crippen LogP contribution in [0.4, 0.5) is 0 Å². The Kier molecular flexibility index (Phi) is 7.72. The summed E-state index contributed by atoms with van der Waals surface area (Å²) in [6, 6.07) is 0. The number of aliphatic hydroxyl groups is 4. The molecule has 2 bridgehead atoms. The first-order chi connectivity index (χ1) is 20.7. The van der Waals surface area contributed by atoms with E-state index >= 15 is 0 Å². The number of hydrogen-bond donors (Lipinski definition) is 4. The molecule has 246 valence electrons. The van der Waals surface area contributed by atoms with Crippen LogP contribution in [0, 0.1) is 57.7 Å². The molecular weight excluding hydrogens is 548 g/mol. The highest BCUT2D eigenvalue weighted by Crippen LogP contribution is 2.68. The molecule has 0 aromatic carbocycles. The molecule has 5 nitrogen and oxygen atoms in total. The van der Waals surface area contributed by atoms with Gasteiger partial charge in [-0.3, -0.25) is 4.79 Å². The van der Waals surface area contributed by atoms with E-state index in [1.807, 2.05) is 0 Å². The largest absolute Gasteiger partial charge is 0.393 e. The van der Waals surface area contributed by atoms with Crippen molar-refractivity contribution >= 4 is 5.78 Å². The standard InChI is InChI=1S/C39H60O5/c1-22(2)27(25-15-24-8-9-26-7-6-12-38(26,19-24)20-25)16-32(40)23(3)28-11-14-39(44)30-17-33(41)31-18-34(42)35(43)21-36(31,4)29(30)10-13-37(28,39)5/h17,22-24,26,28-29,31-32,34-35,40,42-44H,6-16,18-21H2,1-5H3/b27-25+/t23-,24+,26+,28+,29-,31-,32+,34+,35-,36+,37+,38+,39+/m0/s1. The molecular formula is C39H60O5. The molecule has 0 radical (unpaired) electrons. The third kappa shape index (κ3) is 4.48. The molecule has 0 aromatic rings. The number of allylic oxidation sites excluding steroid dienone is 2. The van der Waals surface area contributed by atoms with Gasteiger partial charge in [0.25, 0.3) is 0 Å². The van der Waals surface area contributed by atoms with Crippen molar-refractivity contribution in [1.29, 1.82) is 0 Å². The molecule has 0 unspecified atom stereocenters. The van der Waals surface area contributed by atoms with Crippen molar-refractivity contribution < 1.29 is 25.2 Å². The smallest absolute Gasteiger partial charge is 0.159 e. The van der Waals surface area contributed by atoms with Gasteiger partial charge in [-0.1, -0.05) is 52.2 Å². The Balaban J connectivity index is 1.13. The van der Waals surface area contributed by atoms with Crippen LogP contribution in [-0.4, -0.2) is 50.1 Å². The molecule has 7 aliphatic carbocycles. The van der Waals surface area contributed by atoms with Gasteiger partial charge >= 0.3 is 0 Å². The first-order valence-electron chi connectivity index (χ1n) is 18.5. The number of hydrogen-bond acceptors (Lipinski definition) is 5. The number of ketones is 1. The summed E-state index contributed by atoms with van der Waals surface area (Å²) in [5.41, 5.74) is 2.68. The zero-order valence-electron chi connectivity index (χ0n) is 28.2. The lowest BCUT2D eigenvalue weighted by atomic mass is 9.46. The quantitative estimate of drug-likeness (QED) is 0.254. The van der Waals surface area contributed by atoms with Crippen molar-refractivity contribution in [3.05, 3.63) is 22.8 Å². The van der Waals surface area contributed by atoms with Gasteiger partial charge < -0.3 is 20.4 Å². The fourth-order valence-electron chi connectivity index (χ4n) is 13.3. The molecule has 5 heteroatoms. The van der Waals surface area contributed by atoms with E-state index in [2.05, 4.69) is 34.6 Å². The summed E-state index contributed by atoms with van der Waals surface area (Å²) in [5.74, 6) is 2.14. The Morgan fingerprint density at radius 3 is 2.48 bits per heavy atom. The molecule has 44 heavy (non-hydrogen) atoms. The van der Waals surface area contributed by atoms with Crippen LogP contribution in [0.1, 0.15) is 131 Å². The predicted octanol–water partition coefficient (Wildman–Crippen LogP) is 6.91. The fraction of sp³-hybridized carbons (Fsp3) is 0.872. The lowest BCUT2D eigenvalue weighted by molar-refractivity contribution is -0.154. The normalized spacial score (nSPS) is 50.7.